The molecule has 15 atom stereocenters. The van der Waals surface area contributed by atoms with E-state index < -0.39 is 29.4 Å². The third-order valence-electron chi connectivity index (χ3n) is 17.2. The van der Waals surface area contributed by atoms with Gasteiger partial charge in [-0.1, -0.05) is 79.3 Å². The first-order chi connectivity index (χ1) is 35.4. The Balaban J connectivity index is 0.000000138. The Morgan fingerprint density at radius 1 is 0.581 bits per heavy atom. The van der Waals surface area contributed by atoms with Crippen molar-refractivity contribution >= 4 is 11.9 Å². The predicted octanol–water partition coefficient (Wildman–Crippen LogP) is 13.3. The van der Waals surface area contributed by atoms with Crippen LogP contribution in [0, 0.1) is 88.8 Å². The second kappa shape index (κ2) is 26.2. The van der Waals surface area contributed by atoms with E-state index in [1.165, 1.54) is 76.3 Å². The summed E-state index contributed by atoms with van der Waals surface area (Å²) in [6.07, 6.45) is 23.5. The van der Waals surface area contributed by atoms with E-state index in [2.05, 4.69) is 54.3 Å². The molecule has 0 spiro atoms. The Kier molecular flexibility index (Phi) is 20.3. The predicted molar refractivity (Wildman–Crippen MR) is 273 cm³/mol. The minimum absolute atomic E-state index is 0.00634. The Labute approximate surface area is 434 Å². The standard InChI is InChI=1S/C16H19F3O.C16H17F3O.C11H16O2.C8H10O2.C8H12O.CH5N/c2*17-16(18,19)15-3-1-2-12(8-15)9-20-10-14-7-11-4-5-13(14)6-11;1-7(2)13-11(12)10-6-8-3-4-9(10)5-8;9-8(10)7-4-5-1-2-6(7)3-5;9-5-8-4-6-1-2-7(8)3-6;1-2/h1-3,8,11,13-14H,4-7,9-10H2;1-5,8,11,13-14H,6-7,9-10H2;3-4,7-10H,5-6H2,1-2H3;1-2,5-7H,3-4H2,(H,9,10);1-2,6-9H,3-5H2;2H2,1H3/t2*11?,13?,14-;;;;/m11..../s1. The van der Waals surface area contributed by atoms with Crippen LogP contribution in [0.1, 0.15) is 113 Å². The summed E-state index contributed by atoms with van der Waals surface area (Å²) < 4.78 is 92.1. The van der Waals surface area contributed by atoms with Crippen LogP contribution in [0.15, 0.2) is 97.1 Å². The second-order valence-corrected chi connectivity index (χ2v) is 22.7. The van der Waals surface area contributed by atoms with Crippen molar-refractivity contribution in [2.45, 2.75) is 123 Å². The Bertz CT molecular complexity index is 2260. The van der Waals surface area contributed by atoms with Gasteiger partial charge in [0.1, 0.15) is 0 Å². The smallest absolute Gasteiger partial charge is 0.416 e. The second-order valence-electron chi connectivity index (χ2n) is 22.7. The maximum absolute atomic E-state index is 12.6. The van der Waals surface area contributed by atoms with Crippen LogP contribution in [-0.4, -0.2) is 55.1 Å². The number of halogens is 6. The number of benzene rings is 2. The van der Waals surface area contributed by atoms with Crippen molar-refractivity contribution < 1.29 is 60.4 Å². The average molecular weight is 1040 g/mol. The zero-order chi connectivity index (χ0) is 53.2. The first kappa shape index (κ1) is 57.5. The minimum atomic E-state index is -4.29. The van der Waals surface area contributed by atoms with Crippen molar-refractivity contribution in [3.8, 4) is 0 Å². The van der Waals surface area contributed by atoms with Gasteiger partial charge in [0.25, 0.3) is 0 Å². The molecule has 0 aliphatic heterocycles. The van der Waals surface area contributed by atoms with Crippen LogP contribution in [0.2, 0.25) is 0 Å². The van der Waals surface area contributed by atoms with Gasteiger partial charge >= 0.3 is 24.3 Å². The summed E-state index contributed by atoms with van der Waals surface area (Å²) >= 11 is 0. The SMILES string of the molecule is CC(C)OC(=O)C1CC2C=CC1C2.CN.FC(F)(F)c1cccc(COC[C@H]2CC3C=CC2C3)c1.FC(F)(F)c1cccc(COC[C@H]2CC3CCC2C3)c1.O=C(O)C1CC2C=CC1C2.OCC1CC2C=CC1C2. The number of ether oxygens (including phenoxy) is 3. The lowest BCUT2D eigenvalue weighted by atomic mass is 9.89. The number of carbonyl (C=O) groups excluding carboxylic acids is 1. The van der Waals surface area contributed by atoms with E-state index in [0.717, 1.165) is 67.9 Å². The number of rotatable bonds is 12. The molecule has 10 bridgehead atoms. The van der Waals surface area contributed by atoms with E-state index in [1.807, 2.05) is 13.8 Å². The fourth-order valence-electron chi connectivity index (χ4n) is 13.5. The average Bonchev–Trinajstić information content (AvgIpc) is 4.24. The summed E-state index contributed by atoms with van der Waals surface area (Å²) in [4.78, 5) is 22.1. The van der Waals surface area contributed by atoms with Gasteiger partial charge in [-0.15, -0.1) is 0 Å². The molecule has 10 aliphatic rings. The quantitative estimate of drug-likeness (QED) is 0.109. The van der Waals surface area contributed by atoms with Crippen LogP contribution in [0.5, 0.6) is 0 Å². The number of esters is 1. The molecule has 0 radical (unpaired) electrons. The van der Waals surface area contributed by atoms with Crippen LogP contribution in [0.4, 0.5) is 26.3 Å². The highest BCUT2D eigenvalue weighted by Crippen LogP contribution is 2.49. The summed E-state index contributed by atoms with van der Waals surface area (Å²) in [5.74, 6) is 7.78. The Morgan fingerprint density at radius 2 is 1.04 bits per heavy atom. The van der Waals surface area contributed by atoms with Gasteiger partial charge in [-0.3, -0.25) is 9.59 Å². The van der Waals surface area contributed by atoms with Crippen LogP contribution in [0.3, 0.4) is 0 Å². The third kappa shape index (κ3) is 15.7. The molecule has 6 saturated carbocycles. The van der Waals surface area contributed by atoms with E-state index >= 15 is 0 Å². The van der Waals surface area contributed by atoms with Gasteiger partial charge in [0.05, 0.1) is 55.5 Å². The molecule has 2 aromatic rings. The molecule has 74 heavy (non-hydrogen) atoms. The fourth-order valence-corrected chi connectivity index (χ4v) is 13.5. The van der Waals surface area contributed by atoms with Crippen molar-refractivity contribution in [1.29, 1.82) is 0 Å². The molecule has 0 amide bonds. The molecule has 12 rings (SSSR count). The molecule has 14 heteroatoms. The number of aliphatic hydroxyl groups excluding tert-OH is 1. The molecule has 0 saturated heterocycles. The number of carboxylic acid groups (broad SMARTS) is 1. The van der Waals surface area contributed by atoms with Crippen LogP contribution in [0.25, 0.3) is 0 Å². The zero-order valence-electron chi connectivity index (χ0n) is 43.3. The number of aliphatic hydroxyl groups is 1. The van der Waals surface area contributed by atoms with Gasteiger partial charge in [0.15, 0.2) is 0 Å². The van der Waals surface area contributed by atoms with Gasteiger partial charge in [-0.2, -0.15) is 26.3 Å². The van der Waals surface area contributed by atoms with Crippen molar-refractivity contribution in [3.63, 3.8) is 0 Å². The number of fused-ring (bicyclic) bond motifs is 10. The normalized spacial score (nSPS) is 33.3. The summed E-state index contributed by atoms with van der Waals surface area (Å²) in [6, 6.07) is 10.8. The van der Waals surface area contributed by atoms with Gasteiger partial charge < -0.3 is 30.2 Å². The number of alkyl halides is 6. The maximum Gasteiger partial charge on any atom is 0.416 e. The summed E-state index contributed by atoms with van der Waals surface area (Å²) in [6.45, 7) is 6.06. The molecular weight excluding hydrogens is 961 g/mol. The first-order valence-corrected chi connectivity index (χ1v) is 27.2. The van der Waals surface area contributed by atoms with Gasteiger partial charge in [-0.05, 0) is 204 Å². The van der Waals surface area contributed by atoms with Gasteiger partial charge in [-0.25, -0.2) is 0 Å². The van der Waals surface area contributed by atoms with Crippen molar-refractivity contribution in [3.05, 3.63) is 119 Å². The fraction of sp³-hybridized carbons (Fsp3) is 0.633. The number of hydrogen-bond acceptors (Lipinski definition) is 7. The summed E-state index contributed by atoms with van der Waals surface area (Å²) in [5.41, 5.74) is 4.47. The highest BCUT2D eigenvalue weighted by atomic mass is 19.4. The van der Waals surface area contributed by atoms with Crippen LogP contribution >= 0.6 is 0 Å². The molecule has 4 N–H and O–H groups in total. The first-order valence-electron chi connectivity index (χ1n) is 27.2. The molecule has 0 aromatic heterocycles. The lowest BCUT2D eigenvalue weighted by Crippen LogP contribution is -2.24. The highest BCUT2D eigenvalue weighted by Gasteiger charge is 2.43. The van der Waals surface area contributed by atoms with E-state index in [1.54, 1.807) is 12.1 Å². The van der Waals surface area contributed by atoms with Crippen molar-refractivity contribution in [1.82, 2.24) is 0 Å². The zero-order valence-corrected chi connectivity index (χ0v) is 43.3. The van der Waals surface area contributed by atoms with Crippen molar-refractivity contribution in [2.75, 3.05) is 26.9 Å². The molecule has 10 aliphatic carbocycles. The number of nitrogens with two attached hydrogens (primary N) is 1. The Hall–Kier alpha value is -4.24. The van der Waals surface area contributed by atoms with E-state index in [0.29, 0.717) is 84.2 Å². The minimum Gasteiger partial charge on any atom is -0.481 e. The summed E-state index contributed by atoms with van der Waals surface area (Å²) in [7, 11) is 1.50. The van der Waals surface area contributed by atoms with Gasteiger partial charge in [0.2, 0.25) is 0 Å². The van der Waals surface area contributed by atoms with Crippen molar-refractivity contribution in [2.24, 2.45) is 94.5 Å². The molecular formula is C60H79F6NO7. The topological polar surface area (TPSA) is 128 Å². The van der Waals surface area contributed by atoms with Gasteiger partial charge in [0, 0.05) is 6.61 Å². The third-order valence-corrected chi connectivity index (χ3v) is 17.2. The van der Waals surface area contributed by atoms with E-state index in [-0.39, 0.29) is 37.1 Å². The molecule has 13 unspecified atom stereocenters. The van der Waals surface area contributed by atoms with E-state index in [4.69, 9.17) is 24.4 Å². The molecule has 8 nitrogen and oxygen atoms in total. The lowest BCUT2D eigenvalue weighted by molar-refractivity contribution is -0.153. The molecule has 2 aromatic carbocycles. The largest absolute Gasteiger partial charge is 0.481 e. The monoisotopic (exact) mass is 1040 g/mol. The number of allylic oxidation sites excluding steroid dienone is 8. The maximum atomic E-state index is 12.6. The Morgan fingerprint density at radius 3 is 1.38 bits per heavy atom. The number of carboxylic acids is 1. The number of aliphatic carboxylic acids is 1. The van der Waals surface area contributed by atoms with Crippen LogP contribution < -0.4 is 5.73 Å². The number of carbonyl (C=O) groups is 2. The van der Waals surface area contributed by atoms with Crippen LogP contribution in [-0.2, 0) is 49.4 Å². The molecule has 408 valence electrons. The van der Waals surface area contributed by atoms with E-state index in [9.17, 15) is 35.9 Å². The number of hydrogen-bond donors (Lipinski definition) is 3. The highest BCUT2D eigenvalue weighted by molar-refractivity contribution is 5.74. The molecule has 0 heterocycles. The summed E-state index contributed by atoms with van der Waals surface area (Å²) in [5, 5.41) is 17.6. The molecule has 6 fully saturated rings. The lowest BCUT2D eigenvalue weighted by Gasteiger charge is -2.21.